The van der Waals surface area contributed by atoms with Crippen LogP contribution >= 0.6 is 25.3 Å². The first-order valence-corrected chi connectivity index (χ1v) is 8.18. The second-order valence-electron chi connectivity index (χ2n) is 4.95. The van der Waals surface area contributed by atoms with Gasteiger partial charge >= 0.3 is 0 Å². The van der Waals surface area contributed by atoms with Gasteiger partial charge in [-0.1, -0.05) is 43.5 Å². The van der Waals surface area contributed by atoms with Crippen molar-refractivity contribution in [3.8, 4) is 11.8 Å². The number of aromatic nitrogens is 2. The predicted molar refractivity (Wildman–Crippen MR) is 102 cm³/mol. The molecule has 9 heteroatoms. The summed E-state index contributed by atoms with van der Waals surface area (Å²) < 4.78 is 1.83. The van der Waals surface area contributed by atoms with E-state index < -0.39 is 5.24 Å². The maximum absolute atomic E-state index is 11.5. The van der Waals surface area contributed by atoms with Crippen LogP contribution in [0.25, 0.3) is 5.69 Å². The molecule has 0 radical (unpaired) electrons. The third-order valence-electron chi connectivity index (χ3n) is 3.24. The third kappa shape index (κ3) is 6.91. The van der Waals surface area contributed by atoms with E-state index in [1.54, 1.807) is 6.20 Å². The minimum atomic E-state index is -0.639. The second kappa shape index (κ2) is 10.4. The summed E-state index contributed by atoms with van der Waals surface area (Å²) >= 11 is 6.96. The van der Waals surface area contributed by atoms with E-state index in [-0.39, 0.29) is 11.7 Å². The SMILES string of the molecule is Cc1c(CN(CCC#N)C(=O)S)cnn1-c1ccccc1.NC(=O)S. The van der Waals surface area contributed by atoms with Crippen molar-refractivity contribution in [1.82, 2.24) is 14.7 Å². The number of thiol groups is 2. The van der Waals surface area contributed by atoms with Crippen LogP contribution in [0.3, 0.4) is 0 Å². The quantitative estimate of drug-likeness (QED) is 0.697. The molecule has 0 fully saturated rings. The standard InChI is InChI=1S/C15H16N4OS.CH3NOS/c1-12-13(11-18(15(20)21)9-5-8-16)10-17-19(12)14-6-3-2-4-7-14;2-1(3)4/h2-4,6-7,10H,5,9,11H2,1H3,(H,20,21);(H3,2,3,4). The van der Waals surface area contributed by atoms with Gasteiger partial charge in [-0.25, -0.2) is 4.68 Å². The molecule has 2 N–H and O–H groups in total. The van der Waals surface area contributed by atoms with Crippen molar-refractivity contribution in [2.75, 3.05) is 6.54 Å². The lowest BCUT2D eigenvalue weighted by molar-refractivity contribution is 0.222. The maximum Gasteiger partial charge on any atom is 0.278 e. The maximum atomic E-state index is 11.5. The Morgan fingerprint density at radius 2 is 1.92 bits per heavy atom. The number of carbonyl (C=O) groups is 2. The van der Waals surface area contributed by atoms with Gasteiger partial charge in [-0.3, -0.25) is 9.59 Å². The molecule has 2 amide bonds. The molecule has 132 valence electrons. The number of rotatable bonds is 5. The lowest BCUT2D eigenvalue weighted by Gasteiger charge is -2.18. The first-order valence-electron chi connectivity index (χ1n) is 7.29. The van der Waals surface area contributed by atoms with Gasteiger partial charge in [0, 0.05) is 24.3 Å². The summed E-state index contributed by atoms with van der Waals surface area (Å²) in [5.41, 5.74) is 7.22. The van der Waals surface area contributed by atoms with E-state index in [0.29, 0.717) is 13.1 Å². The number of amides is 2. The molecule has 25 heavy (non-hydrogen) atoms. The number of benzene rings is 1. The Balaban J connectivity index is 0.000000705. The number of nitrogens with zero attached hydrogens (tertiary/aromatic N) is 4. The topological polar surface area (TPSA) is 105 Å². The van der Waals surface area contributed by atoms with Crippen LogP contribution in [0.15, 0.2) is 36.5 Å². The van der Waals surface area contributed by atoms with Gasteiger partial charge in [-0.2, -0.15) is 10.4 Å². The van der Waals surface area contributed by atoms with E-state index >= 15 is 0 Å². The minimum Gasteiger partial charge on any atom is -0.361 e. The highest BCUT2D eigenvalue weighted by atomic mass is 32.1. The van der Waals surface area contributed by atoms with Crippen molar-refractivity contribution in [3.05, 3.63) is 47.8 Å². The van der Waals surface area contributed by atoms with Gasteiger partial charge in [0.05, 0.1) is 24.4 Å². The number of nitriles is 1. The smallest absolute Gasteiger partial charge is 0.278 e. The van der Waals surface area contributed by atoms with Gasteiger partial charge in [0.15, 0.2) is 0 Å². The number of nitrogens with two attached hydrogens (primary N) is 1. The number of carbonyl (C=O) groups excluding carboxylic acids is 2. The fourth-order valence-corrected chi connectivity index (χ4v) is 2.23. The molecular formula is C16H19N5O2S2. The number of hydrogen-bond donors (Lipinski definition) is 3. The van der Waals surface area contributed by atoms with Crippen molar-refractivity contribution in [2.24, 2.45) is 5.73 Å². The zero-order valence-electron chi connectivity index (χ0n) is 13.7. The average Bonchev–Trinajstić information content (AvgIpc) is 2.92. The van der Waals surface area contributed by atoms with E-state index in [0.717, 1.165) is 16.9 Å². The molecule has 0 aliphatic carbocycles. The normalized spacial score (nSPS) is 9.52. The predicted octanol–water partition coefficient (Wildman–Crippen LogP) is 2.94. The summed E-state index contributed by atoms with van der Waals surface area (Å²) in [6.45, 7) is 2.73. The largest absolute Gasteiger partial charge is 0.361 e. The Morgan fingerprint density at radius 3 is 2.44 bits per heavy atom. The average molecular weight is 377 g/mol. The first kappa shape index (κ1) is 20.6. The number of primary amides is 1. The molecule has 7 nitrogen and oxygen atoms in total. The van der Waals surface area contributed by atoms with E-state index in [1.807, 2.05) is 48.0 Å². The Kier molecular flexibility index (Phi) is 8.60. The van der Waals surface area contributed by atoms with E-state index in [1.165, 1.54) is 4.90 Å². The van der Waals surface area contributed by atoms with Crippen molar-refractivity contribution < 1.29 is 9.59 Å². The highest BCUT2D eigenvalue weighted by Crippen LogP contribution is 2.16. The molecule has 0 atom stereocenters. The monoisotopic (exact) mass is 377 g/mol. The molecule has 0 aliphatic heterocycles. The van der Waals surface area contributed by atoms with Gasteiger partial charge < -0.3 is 10.6 Å². The summed E-state index contributed by atoms with van der Waals surface area (Å²) in [6.07, 6.45) is 2.04. The molecule has 0 spiro atoms. The summed E-state index contributed by atoms with van der Waals surface area (Å²) in [5.74, 6) is 0. The fraction of sp³-hybridized carbons (Fsp3) is 0.250. The van der Waals surface area contributed by atoms with Gasteiger partial charge in [-0.05, 0) is 19.1 Å². The second-order valence-corrected chi connectivity index (χ2v) is 5.78. The summed E-state index contributed by atoms with van der Waals surface area (Å²) in [7, 11) is 0. The van der Waals surface area contributed by atoms with Crippen LogP contribution < -0.4 is 5.73 Å². The van der Waals surface area contributed by atoms with Crippen LogP contribution in [0.5, 0.6) is 0 Å². The highest BCUT2D eigenvalue weighted by molar-refractivity contribution is 7.96. The molecule has 1 heterocycles. The molecule has 2 aromatic rings. The summed E-state index contributed by atoms with van der Waals surface area (Å²) in [5, 5.41) is 12.0. The fourth-order valence-electron chi connectivity index (χ4n) is 2.06. The number of para-hydroxylation sites is 1. The molecule has 0 saturated heterocycles. The van der Waals surface area contributed by atoms with E-state index in [4.69, 9.17) is 10.1 Å². The van der Waals surface area contributed by atoms with Crippen LogP contribution in [0, 0.1) is 18.3 Å². The molecule has 2 rings (SSSR count). The molecule has 1 aromatic carbocycles. The highest BCUT2D eigenvalue weighted by Gasteiger charge is 2.14. The Morgan fingerprint density at radius 1 is 1.32 bits per heavy atom. The van der Waals surface area contributed by atoms with Crippen molar-refractivity contribution in [3.63, 3.8) is 0 Å². The summed E-state index contributed by atoms with van der Waals surface area (Å²) in [4.78, 5) is 22.1. The Bertz CT molecular complexity index is 752. The Labute approximate surface area is 157 Å². The van der Waals surface area contributed by atoms with Gasteiger partial charge in [0.25, 0.3) is 10.5 Å². The van der Waals surface area contributed by atoms with E-state index in [2.05, 4.69) is 36.1 Å². The Hall–Kier alpha value is -2.44. The lowest BCUT2D eigenvalue weighted by atomic mass is 10.2. The molecular weight excluding hydrogens is 358 g/mol. The van der Waals surface area contributed by atoms with Crippen LogP contribution in [-0.4, -0.2) is 31.7 Å². The molecule has 0 aliphatic rings. The number of hydrogen-bond acceptors (Lipinski definition) is 4. The van der Waals surface area contributed by atoms with Crippen LogP contribution in [0.4, 0.5) is 9.59 Å². The lowest BCUT2D eigenvalue weighted by Crippen LogP contribution is -2.26. The van der Waals surface area contributed by atoms with Crippen LogP contribution in [0.2, 0.25) is 0 Å². The molecule has 0 saturated carbocycles. The van der Waals surface area contributed by atoms with Crippen LogP contribution in [-0.2, 0) is 6.54 Å². The van der Waals surface area contributed by atoms with Crippen molar-refractivity contribution in [1.29, 1.82) is 5.26 Å². The molecule has 0 bridgehead atoms. The van der Waals surface area contributed by atoms with Crippen molar-refractivity contribution in [2.45, 2.75) is 19.9 Å². The molecule has 1 aromatic heterocycles. The third-order valence-corrected chi connectivity index (χ3v) is 3.52. The van der Waals surface area contributed by atoms with Gasteiger partial charge in [-0.15, -0.1) is 0 Å². The minimum absolute atomic E-state index is 0.290. The summed E-state index contributed by atoms with van der Waals surface area (Å²) in [6, 6.07) is 11.8. The van der Waals surface area contributed by atoms with E-state index in [9.17, 15) is 4.79 Å². The zero-order valence-corrected chi connectivity index (χ0v) is 15.5. The zero-order chi connectivity index (χ0) is 18.8. The first-order chi connectivity index (χ1) is 11.9. The van der Waals surface area contributed by atoms with Crippen molar-refractivity contribution >= 4 is 35.7 Å². The van der Waals surface area contributed by atoms with Crippen LogP contribution in [0.1, 0.15) is 17.7 Å². The van der Waals surface area contributed by atoms with Gasteiger partial charge in [0.2, 0.25) is 0 Å². The molecule has 0 unspecified atom stereocenters. The van der Waals surface area contributed by atoms with Gasteiger partial charge in [0.1, 0.15) is 0 Å².